The van der Waals surface area contributed by atoms with Gasteiger partial charge in [-0.25, -0.2) is 5.43 Å². The molecule has 2 heterocycles. The van der Waals surface area contributed by atoms with E-state index < -0.39 is 0 Å². The van der Waals surface area contributed by atoms with Crippen LogP contribution in [0.4, 0.5) is 5.69 Å². The van der Waals surface area contributed by atoms with Crippen molar-refractivity contribution in [1.82, 2.24) is 15.8 Å². The molecule has 2 aromatic carbocycles. The van der Waals surface area contributed by atoms with Crippen LogP contribution >= 0.6 is 0 Å². The molecule has 0 spiro atoms. The van der Waals surface area contributed by atoms with Crippen molar-refractivity contribution >= 4 is 11.6 Å². The lowest BCUT2D eigenvalue weighted by Crippen LogP contribution is -2.51. The molecule has 0 radical (unpaired) electrons. The number of nitrogens with zero attached hydrogens (tertiary/aromatic N) is 2. The molecule has 142 valence electrons. The molecule has 0 saturated carbocycles. The number of carbonyl (C=O) groups is 1. The molecule has 5 heteroatoms. The summed E-state index contributed by atoms with van der Waals surface area (Å²) >= 11 is 0. The van der Waals surface area contributed by atoms with Crippen LogP contribution in [-0.2, 0) is 4.79 Å². The van der Waals surface area contributed by atoms with E-state index in [4.69, 9.17) is 0 Å². The minimum Gasteiger partial charge on any atom is -0.368 e. The normalized spacial score (nSPS) is 22.9. The van der Waals surface area contributed by atoms with Gasteiger partial charge in [0.15, 0.2) is 0 Å². The van der Waals surface area contributed by atoms with Gasteiger partial charge in [-0.2, -0.15) is 0 Å². The molecule has 4 rings (SSSR count). The van der Waals surface area contributed by atoms with Crippen LogP contribution in [0.1, 0.15) is 22.7 Å². The molecule has 2 fully saturated rings. The third-order valence-electron chi connectivity index (χ3n) is 5.69. The number of carbonyl (C=O) groups excluding carboxylic acids is 1. The van der Waals surface area contributed by atoms with E-state index in [1.165, 1.54) is 22.4 Å². The van der Waals surface area contributed by atoms with E-state index in [0.717, 1.165) is 26.2 Å². The summed E-state index contributed by atoms with van der Waals surface area (Å²) in [5, 5.41) is 0. The van der Waals surface area contributed by atoms with Gasteiger partial charge in [0.05, 0.1) is 12.0 Å². The summed E-state index contributed by atoms with van der Waals surface area (Å²) in [6.07, 6.45) is 0. The van der Waals surface area contributed by atoms with Crippen molar-refractivity contribution in [2.24, 2.45) is 5.92 Å². The highest BCUT2D eigenvalue weighted by molar-refractivity contribution is 5.80. The second-order valence-electron chi connectivity index (χ2n) is 7.67. The quantitative estimate of drug-likeness (QED) is 0.878. The Morgan fingerprint density at radius 3 is 2.41 bits per heavy atom. The van der Waals surface area contributed by atoms with Crippen molar-refractivity contribution in [2.45, 2.75) is 19.9 Å². The molecule has 0 aliphatic carbocycles. The van der Waals surface area contributed by atoms with E-state index in [9.17, 15) is 4.79 Å². The summed E-state index contributed by atoms with van der Waals surface area (Å²) < 4.78 is 0. The van der Waals surface area contributed by atoms with E-state index in [1.807, 2.05) is 4.90 Å². The molecule has 27 heavy (non-hydrogen) atoms. The largest absolute Gasteiger partial charge is 0.368 e. The van der Waals surface area contributed by atoms with Gasteiger partial charge in [-0.3, -0.25) is 10.2 Å². The second-order valence-corrected chi connectivity index (χ2v) is 7.67. The number of piperazine rings is 1. The van der Waals surface area contributed by atoms with Crippen LogP contribution in [0, 0.1) is 19.8 Å². The predicted molar refractivity (Wildman–Crippen MR) is 109 cm³/mol. The van der Waals surface area contributed by atoms with Crippen molar-refractivity contribution in [3.8, 4) is 0 Å². The predicted octanol–water partition coefficient (Wildman–Crippen LogP) is 2.42. The van der Waals surface area contributed by atoms with Gasteiger partial charge >= 0.3 is 0 Å². The molecule has 2 atom stereocenters. The van der Waals surface area contributed by atoms with E-state index in [1.54, 1.807) is 0 Å². The van der Waals surface area contributed by atoms with E-state index >= 15 is 0 Å². The Hall–Kier alpha value is -2.37. The van der Waals surface area contributed by atoms with Gasteiger partial charge in [0.25, 0.3) is 0 Å². The standard InChI is InChI=1S/C22H28N4O/c1-16-6-8-19(9-7-16)25-10-12-26(13-11-25)22(27)20-15-23-24-21(20)18-5-3-4-17(2)14-18/h3-9,14,20-21,23-24H,10-13,15H2,1-2H3. The Kier molecular flexibility index (Phi) is 5.14. The zero-order valence-corrected chi connectivity index (χ0v) is 16.1. The average Bonchev–Trinajstić information content (AvgIpc) is 3.18. The summed E-state index contributed by atoms with van der Waals surface area (Å²) in [7, 11) is 0. The molecule has 2 unspecified atom stereocenters. The fourth-order valence-electron chi connectivity index (χ4n) is 4.08. The highest BCUT2D eigenvalue weighted by atomic mass is 16.2. The summed E-state index contributed by atoms with van der Waals surface area (Å²) in [5.41, 5.74) is 11.4. The molecule has 0 bridgehead atoms. The molecular weight excluding hydrogens is 336 g/mol. The Bertz CT molecular complexity index is 796. The number of hydrogen-bond donors (Lipinski definition) is 2. The number of benzene rings is 2. The highest BCUT2D eigenvalue weighted by Crippen LogP contribution is 2.28. The van der Waals surface area contributed by atoms with Gasteiger partial charge in [0, 0.05) is 38.4 Å². The van der Waals surface area contributed by atoms with Gasteiger partial charge < -0.3 is 9.80 Å². The number of hydrogen-bond acceptors (Lipinski definition) is 4. The molecule has 1 amide bonds. The van der Waals surface area contributed by atoms with Gasteiger partial charge in [-0.05, 0) is 31.5 Å². The molecule has 5 nitrogen and oxygen atoms in total. The lowest BCUT2D eigenvalue weighted by molar-refractivity contribution is -0.135. The number of aryl methyl sites for hydroxylation is 2. The zero-order chi connectivity index (χ0) is 18.8. The highest BCUT2D eigenvalue weighted by Gasteiger charge is 2.37. The smallest absolute Gasteiger partial charge is 0.229 e. The Morgan fingerprint density at radius 1 is 0.963 bits per heavy atom. The maximum atomic E-state index is 13.2. The summed E-state index contributed by atoms with van der Waals surface area (Å²) in [6.45, 7) is 8.21. The van der Waals surface area contributed by atoms with E-state index in [-0.39, 0.29) is 17.9 Å². The lowest BCUT2D eigenvalue weighted by Gasteiger charge is -2.37. The Morgan fingerprint density at radius 2 is 1.70 bits per heavy atom. The van der Waals surface area contributed by atoms with E-state index in [0.29, 0.717) is 6.54 Å². The summed E-state index contributed by atoms with van der Waals surface area (Å²) in [6, 6.07) is 17.1. The molecular formula is C22H28N4O. The fourth-order valence-corrected chi connectivity index (χ4v) is 4.08. The maximum absolute atomic E-state index is 13.2. The maximum Gasteiger partial charge on any atom is 0.229 e. The third-order valence-corrected chi connectivity index (χ3v) is 5.69. The first-order valence-electron chi connectivity index (χ1n) is 9.77. The minimum absolute atomic E-state index is 0.0347. The summed E-state index contributed by atoms with van der Waals surface area (Å²) in [5.74, 6) is 0.195. The first kappa shape index (κ1) is 18.0. The van der Waals surface area contributed by atoms with E-state index in [2.05, 4.69) is 78.1 Å². The van der Waals surface area contributed by atoms with Crippen molar-refractivity contribution in [2.75, 3.05) is 37.6 Å². The number of hydrazine groups is 1. The van der Waals surface area contributed by atoms with Crippen molar-refractivity contribution in [3.63, 3.8) is 0 Å². The first-order chi connectivity index (χ1) is 13.1. The van der Waals surface area contributed by atoms with Crippen LogP contribution in [0.2, 0.25) is 0 Å². The molecule has 2 saturated heterocycles. The van der Waals surface area contributed by atoms with Crippen LogP contribution in [0.5, 0.6) is 0 Å². The SMILES string of the molecule is Cc1ccc(N2CCN(C(=O)C3CNNC3c3cccc(C)c3)CC2)cc1. The molecule has 2 aliphatic rings. The van der Waals surface area contributed by atoms with Crippen molar-refractivity contribution in [1.29, 1.82) is 0 Å². The average molecular weight is 364 g/mol. The van der Waals surface area contributed by atoms with Crippen LogP contribution in [-0.4, -0.2) is 43.5 Å². The molecule has 2 aromatic rings. The second kappa shape index (κ2) is 7.71. The topological polar surface area (TPSA) is 47.6 Å². The van der Waals surface area contributed by atoms with Gasteiger partial charge in [-0.1, -0.05) is 47.5 Å². The molecule has 0 aromatic heterocycles. The number of anilines is 1. The first-order valence-corrected chi connectivity index (χ1v) is 9.77. The summed E-state index contributed by atoms with van der Waals surface area (Å²) in [4.78, 5) is 17.6. The van der Waals surface area contributed by atoms with Crippen LogP contribution in [0.15, 0.2) is 48.5 Å². The number of amides is 1. The van der Waals surface area contributed by atoms with Crippen LogP contribution in [0.3, 0.4) is 0 Å². The Labute approximate surface area is 161 Å². The zero-order valence-electron chi connectivity index (χ0n) is 16.1. The van der Waals surface area contributed by atoms with Gasteiger partial charge in [0.2, 0.25) is 5.91 Å². The van der Waals surface area contributed by atoms with Crippen molar-refractivity contribution < 1.29 is 4.79 Å². The fraction of sp³-hybridized carbons (Fsp3) is 0.409. The van der Waals surface area contributed by atoms with Crippen LogP contribution in [0.25, 0.3) is 0 Å². The molecule has 2 aliphatic heterocycles. The lowest BCUT2D eigenvalue weighted by atomic mass is 9.92. The number of nitrogens with one attached hydrogen (secondary N) is 2. The van der Waals surface area contributed by atoms with Gasteiger partial charge in [-0.15, -0.1) is 0 Å². The number of rotatable bonds is 3. The minimum atomic E-state index is -0.0577. The monoisotopic (exact) mass is 364 g/mol. The Balaban J connectivity index is 1.40. The third kappa shape index (κ3) is 3.84. The molecule has 2 N–H and O–H groups in total. The van der Waals surface area contributed by atoms with Gasteiger partial charge in [0.1, 0.15) is 0 Å². The van der Waals surface area contributed by atoms with Crippen LogP contribution < -0.4 is 15.8 Å². The van der Waals surface area contributed by atoms with Crippen molar-refractivity contribution in [3.05, 3.63) is 65.2 Å².